The Bertz CT molecular complexity index is 291. The molecule has 96 valence electrons. The number of carbonyl (C=O) groups is 1. The molecule has 0 aliphatic heterocycles. The predicted molar refractivity (Wildman–Crippen MR) is 68.8 cm³/mol. The van der Waals surface area contributed by atoms with Crippen molar-refractivity contribution in [2.45, 2.75) is 57.4 Å². The van der Waals surface area contributed by atoms with Crippen molar-refractivity contribution < 1.29 is 4.79 Å². The number of carbonyl (C=O) groups excluding carboxylic acids is 1. The van der Waals surface area contributed by atoms with Gasteiger partial charge in [0.25, 0.3) is 0 Å². The SMILES string of the molecule is NC(=NCCC(=O)NC1CC1)C1CCCCC1. The van der Waals surface area contributed by atoms with Gasteiger partial charge in [-0.2, -0.15) is 0 Å². The second-order valence-electron chi connectivity index (χ2n) is 5.23. The molecule has 2 aliphatic rings. The van der Waals surface area contributed by atoms with Gasteiger partial charge in [0, 0.05) is 24.9 Å². The zero-order valence-electron chi connectivity index (χ0n) is 10.5. The van der Waals surface area contributed by atoms with Gasteiger partial charge in [-0.05, 0) is 25.7 Å². The molecule has 0 aromatic rings. The number of hydrogen-bond donors (Lipinski definition) is 2. The van der Waals surface area contributed by atoms with Crippen LogP contribution in [0.25, 0.3) is 0 Å². The van der Waals surface area contributed by atoms with Gasteiger partial charge in [-0.3, -0.25) is 9.79 Å². The summed E-state index contributed by atoms with van der Waals surface area (Å²) in [5.41, 5.74) is 5.97. The Morgan fingerprint density at radius 2 is 1.88 bits per heavy atom. The molecular weight excluding hydrogens is 214 g/mol. The van der Waals surface area contributed by atoms with E-state index in [0.29, 0.717) is 24.9 Å². The van der Waals surface area contributed by atoms with E-state index in [9.17, 15) is 4.79 Å². The largest absolute Gasteiger partial charge is 0.387 e. The molecule has 4 heteroatoms. The third-order valence-electron chi connectivity index (χ3n) is 3.60. The van der Waals surface area contributed by atoms with Crippen molar-refractivity contribution >= 4 is 11.7 Å². The van der Waals surface area contributed by atoms with Gasteiger partial charge in [-0.25, -0.2) is 0 Å². The number of nitrogens with one attached hydrogen (secondary N) is 1. The summed E-state index contributed by atoms with van der Waals surface area (Å²) in [6, 6.07) is 0.446. The average molecular weight is 237 g/mol. The number of aliphatic imine (C=N–C) groups is 1. The smallest absolute Gasteiger partial charge is 0.222 e. The Morgan fingerprint density at radius 1 is 1.18 bits per heavy atom. The Labute approximate surface area is 103 Å². The van der Waals surface area contributed by atoms with Crippen molar-refractivity contribution in [2.75, 3.05) is 6.54 Å². The minimum atomic E-state index is 0.118. The highest BCUT2D eigenvalue weighted by molar-refractivity contribution is 5.83. The van der Waals surface area contributed by atoms with Gasteiger partial charge in [-0.1, -0.05) is 19.3 Å². The van der Waals surface area contributed by atoms with Crippen molar-refractivity contribution in [1.29, 1.82) is 0 Å². The first kappa shape index (κ1) is 12.4. The molecule has 4 nitrogen and oxygen atoms in total. The third-order valence-corrected chi connectivity index (χ3v) is 3.60. The Hall–Kier alpha value is -1.06. The van der Waals surface area contributed by atoms with E-state index >= 15 is 0 Å². The first-order valence-corrected chi connectivity index (χ1v) is 6.85. The maximum Gasteiger partial charge on any atom is 0.222 e. The molecule has 0 unspecified atom stereocenters. The van der Waals surface area contributed by atoms with Crippen LogP contribution >= 0.6 is 0 Å². The molecule has 0 radical (unpaired) electrons. The zero-order chi connectivity index (χ0) is 12.1. The Balaban J connectivity index is 1.65. The van der Waals surface area contributed by atoms with Crippen molar-refractivity contribution in [3.05, 3.63) is 0 Å². The standard InChI is InChI=1S/C13H23N3O/c14-13(10-4-2-1-3-5-10)15-9-8-12(17)16-11-6-7-11/h10-11H,1-9H2,(H2,14,15)(H,16,17). The van der Waals surface area contributed by atoms with Crippen LogP contribution in [0, 0.1) is 5.92 Å². The molecule has 0 atom stereocenters. The fourth-order valence-electron chi connectivity index (χ4n) is 2.34. The molecular formula is C13H23N3O. The highest BCUT2D eigenvalue weighted by atomic mass is 16.1. The fraction of sp³-hybridized carbons (Fsp3) is 0.846. The molecule has 0 aromatic carbocycles. The summed E-state index contributed by atoms with van der Waals surface area (Å²) < 4.78 is 0. The van der Waals surface area contributed by atoms with Gasteiger partial charge >= 0.3 is 0 Å². The summed E-state index contributed by atoms with van der Waals surface area (Å²) in [5.74, 6) is 1.35. The number of amidine groups is 1. The molecule has 2 fully saturated rings. The molecule has 2 rings (SSSR count). The number of hydrogen-bond acceptors (Lipinski definition) is 2. The predicted octanol–water partition coefficient (Wildman–Crippen LogP) is 1.59. The third kappa shape index (κ3) is 4.36. The summed E-state index contributed by atoms with van der Waals surface area (Å²) in [7, 11) is 0. The average Bonchev–Trinajstić information content (AvgIpc) is 3.14. The number of nitrogens with zero attached hydrogens (tertiary/aromatic N) is 1. The van der Waals surface area contributed by atoms with E-state index in [1.165, 1.54) is 32.1 Å². The van der Waals surface area contributed by atoms with E-state index in [-0.39, 0.29) is 5.91 Å². The van der Waals surface area contributed by atoms with Crippen LogP contribution in [0.4, 0.5) is 0 Å². The lowest BCUT2D eigenvalue weighted by atomic mass is 9.88. The lowest BCUT2D eigenvalue weighted by Crippen LogP contribution is -2.28. The van der Waals surface area contributed by atoms with Crippen LogP contribution in [0.1, 0.15) is 51.4 Å². The molecule has 0 saturated heterocycles. The maximum absolute atomic E-state index is 11.4. The zero-order valence-corrected chi connectivity index (χ0v) is 10.5. The molecule has 0 aromatic heterocycles. The van der Waals surface area contributed by atoms with Gasteiger partial charge < -0.3 is 11.1 Å². The summed E-state index contributed by atoms with van der Waals surface area (Å²) in [5, 5.41) is 2.96. The van der Waals surface area contributed by atoms with E-state index in [1.54, 1.807) is 0 Å². The monoisotopic (exact) mass is 237 g/mol. The quantitative estimate of drug-likeness (QED) is 0.563. The van der Waals surface area contributed by atoms with Gasteiger partial charge in [0.15, 0.2) is 0 Å². The summed E-state index contributed by atoms with van der Waals surface area (Å²) in [6.45, 7) is 0.543. The van der Waals surface area contributed by atoms with E-state index < -0.39 is 0 Å². The van der Waals surface area contributed by atoms with Crippen LogP contribution in [-0.2, 0) is 4.79 Å². The van der Waals surface area contributed by atoms with Gasteiger partial charge in [0.05, 0.1) is 5.84 Å². The summed E-state index contributed by atoms with van der Waals surface area (Å²) >= 11 is 0. The van der Waals surface area contributed by atoms with Crippen LogP contribution in [0.5, 0.6) is 0 Å². The molecule has 1 amide bonds. The van der Waals surface area contributed by atoms with Crippen LogP contribution in [0.2, 0.25) is 0 Å². The Kier molecular flexibility index (Phi) is 4.40. The minimum absolute atomic E-state index is 0.118. The molecule has 0 spiro atoms. The molecule has 3 N–H and O–H groups in total. The van der Waals surface area contributed by atoms with E-state index in [1.807, 2.05) is 0 Å². The first-order valence-electron chi connectivity index (χ1n) is 6.85. The van der Waals surface area contributed by atoms with Gasteiger partial charge in [-0.15, -0.1) is 0 Å². The van der Waals surface area contributed by atoms with Crippen LogP contribution in [-0.4, -0.2) is 24.3 Å². The highest BCUT2D eigenvalue weighted by Gasteiger charge is 2.22. The lowest BCUT2D eigenvalue weighted by molar-refractivity contribution is -0.121. The molecule has 0 heterocycles. The maximum atomic E-state index is 11.4. The van der Waals surface area contributed by atoms with E-state index in [4.69, 9.17) is 5.73 Å². The second kappa shape index (κ2) is 6.03. The molecule has 2 aliphatic carbocycles. The van der Waals surface area contributed by atoms with Crippen LogP contribution in [0.3, 0.4) is 0 Å². The first-order chi connectivity index (χ1) is 8.25. The van der Waals surface area contributed by atoms with Crippen molar-refractivity contribution in [3.8, 4) is 0 Å². The summed E-state index contributed by atoms with van der Waals surface area (Å²) in [6.07, 6.45) is 8.95. The van der Waals surface area contributed by atoms with Gasteiger partial charge in [0.1, 0.15) is 0 Å². The molecule has 2 saturated carbocycles. The number of nitrogens with two attached hydrogens (primary N) is 1. The molecule has 17 heavy (non-hydrogen) atoms. The highest BCUT2D eigenvalue weighted by Crippen LogP contribution is 2.23. The lowest BCUT2D eigenvalue weighted by Gasteiger charge is -2.20. The topological polar surface area (TPSA) is 67.5 Å². The summed E-state index contributed by atoms with van der Waals surface area (Å²) in [4.78, 5) is 15.8. The van der Waals surface area contributed by atoms with Crippen LogP contribution < -0.4 is 11.1 Å². The van der Waals surface area contributed by atoms with Crippen molar-refractivity contribution in [3.63, 3.8) is 0 Å². The minimum Gasteiger partial charge on any atom is -0.387 e. The van der Waals surface area contributed by atoms with E-state index in [2.05, 4.69) is 10.3 Å². The van der Waals surface area contributed by atoms with E-state index in [0.717, 1.165) is 18.7 Å². The van der Waals surface area contributed by atoms with Crippen LogP contribution in [0.15, 0.2) is 4.99 Å². The van der Waals surface area contributed by atoms with Gasteiger partial charge in [0.2, 0.25) is 5.91 Å². The fourth-order valence-corrected chi connectivity index (χ4v) is 2.34. The second-order valence-corrected chi connectivity index (χ2v) is 5.23. The number of rotatable bonds is 5. The number of amides is 1. The van der Waals surface area contributed by atoms with Crippen molar-refractivity contribution in [2.24, 2.45) is 16.6 Å². The normalized spacial score (nSPS) is 22.5. The Morgan fingerprint density at radius 3 is 2.53 bits per heavy atom. The molecule has 0 bridgehead atoms. The van der Waals surface area contributed by atoms with Crippen molar-refractivity contribution in [1.82, 2.24) is 5.32 Å².